The molecule has 0 aliphatic heterocycles. The number of nitrogen functional groups attached to an aromatic ring is 1. The SMILES string of the molecule is Nc1nc(-c2ccccc2)c(CC(=O)[O-])s1. The minimum Gasteiger partial charge on any atom is -0.550 e. The molecular weight excluding hydrogens is 224 g/mol. The zero-order chi connectivity index (χ0) is 11.5. The van der Waals surface area contributed by atoms with Crippen LogP contribution in [-0.4, -0.2) is 11.0 Å². The Balaban J connectivity index is 2.44. The van der Waals surface area contributed by atoms with Crippen molar-refractivity contribution in [1.29, 1.82) is 0 Å². The Morgan fingerprint density at radius 1 is 1.38 bits per heavy atom. The molecule has 4 nitrogen and oxygen atoms in total. The van der Waals surface area contributed by atoms with Crippen molar-refractivity contribution in [2.75, 3.05) is 5.73 Å². The highest BCUT2D eigenvalue weighted by Crippen LogP contribution is 2.29. The van der Waals surface area contributed by atoms with E-state index in [-0.39, 0.29) is 6.42 Å². The number of hydrogen-bond donors (Lipinski definition) is 1. The van der Waals surface area contributed by atoms with Crippen LogP contribution in [-0.2, 0) is 11.2 Å². The molecule has 2 rings (SSSR count). The van der Waals surface area contributed by atoms with Crippen molar-refractivity contribution in [3.63, 3.8) is 0 Å². The van der Waals surface area contributed by atoms with Crippen LogP contribution in [0.5, 0.6) is 0 Å². The van der Waals surface area contributed by atoms with Gasteiger partial charge in [0.15, 0.2) is 5.13 Å². The van der Waals surface area contributed by atoms with Crippen molar-refractivity contribution >= 4 is 22.4 Å². The number of thiazole rings is 1. The molecule has 1 heterocycles. The molecule has 0 unspecified atom stereocenters. The molecule has 0 atom stereocenters. The van der Waals surface area contributed by atoms with Gasteiger partial charge in [-0.15, -0.1) is 11.3 Å². The predicted octanol–water partition coefficient (Wildman–Crippen LogP) is 0.685. The maximum Gasteiger partial charge on any atom is 0.180 e. The number of nitrogens with zero attached hydrogens (tertiary/aromatic N) is 1. The highest BCUT2D eigenvalue weighted by atomic mass is 32.1. The van der Waals surface area contributed by atoms with E-state index in [1.165, 1.54) is 11.3 Å². The Bertz CT molecular complexity index is 508. The van der Waals surface area contributed by atoms with E-state index < -0.39 is 5.97 Å². The second kappa shape index (κ2) is 4.32. The monoisotopic (exact) mass is 233 g/mol. The molecule has 0 saturated carbocycles. The number of aromatic nitrogens is 1. The standard InChI is InChI=1S/C11H10N2O2S/c12-11-13-10(7-4-2-1-3-5-7)8(16-11)6-9(14)15/h1-5H,6H2,(H2,12,13)(H,14,15)/p-1. The molecule has 2 aromatic rings. The molecule has 0 bridgehead atoms. The lowest BCUT2D eigenvalue weighted by Crippen LogP contribution is -2.24. The predicted molar refractivity (Wildman–Crippen MR) is 60.7 cm³/mol. The molecule has 0 aliphatic carbocycles. The second-order valence-corrected chi connectivity index (χ2v) is 4.35. The van der Waals surface area contributed by atoms with Crippen LogP contribution in [0.2, 0.25) is 0 Å². The Kier molecular flexibility index (Phi) is 2.87. The van der Waals surface area contributed by atoms with Crippen molar-refractivity contribution in [2.24, 2.45) is 0 Å². The van der Waals surface area contributed by atoms with E-state index in [1.807, 2.05) is 30.3 Å². The quantitative estimate of drug-likeness (QED) is 0.845. The lowest BCUT2D eigenvalue weighted by Gasteiger charge is -2.02. The van der Waals surface area contributed by atoms with E-state index in [0.29, 0.717) is 15.7 Å². The van der Waals surface area contributed by atoms with Crippen LogP contribution in [0.3, 0.4) is 0 Å². The third-order valence-electron chi connectivity index (χ3n) is 2.07. The molecule has 82 valence electrons. The zero-order valence-corrected chi connectivity index (χ0v) is 9.16. The maximum atomic E-state index is 10.6. The van der Waals surface area contributed by atoms with E-state index in [2.05, 4.69) is 4.98 Å². The van der Waals surface area contributed by atoms with Gasteiger partial charge in [0.1, 0.15) is 0 Å². The van der Waals surface area contributed by atoms with Crippen molar-refractivity contribution in [3.05, 3.63) is 35.2 Å². The fraction of sp³-hybridized carbons (Fsp3) is 0.0909. The molecule has 1 aromatic heterocycles. The van der Waals surface area contributed by atoms with Gasteiger partial charge in [-0.05, 0) is 0 Å². The van der Waals surface area contributed by atoms with Gasteiger partial charge >= 0.3 is 0 Å². The number of hydrogen-bond acceptors (Lipinski definition) is 5. The topological polar surface area (TPSA) is 79.0 Å². The lowest BCUT2D eigenvalue weighted by atomic mass is 10.1. The molecule has 0 amide bonds. The van der Waals surface area contributed by atoms with Crippen LogP contribution < -0.4 is 10.8 Å². The summed E-state index contributed by atoms with van der Waals surface area (Å²) < 4.78 is 0. The fourth-order valence-electron chi connectivity index (χ4n) is 1.44. The average molecular weight is 233 g/mol. The molecule has 0 fully saturated rings. The first-order valence-corrected chi connectivity index (χ1v) is 5.49. The summed E-state index contributed by atoms with van der Waals surface area (Å²) >= 11 is 1.18. The van der Waals surface area contributed by atoms with Gasteiger partial charge in [0, 0.05) is 22.8 Å². The van der Waals surface area contributed by atoms with E-state index in [0.717, 1.165) is 5.56 Å². The third kappa shape index (κ3) is 2.20. The van der Waals surface area contributed by atoms with E-state index in [1.54, 1.807) is 0 Å². The summed E-state index contributed by atoms with van der Waals surface area (Å²) in [5.41, 5.74) is 7.09. The Morgan fingerprint density at radius 2 is 2.06 bits per heavy atom. The zero-order valence-electron chi connectivity index (χ0n) is 8.34. The molecule has 1 aromatic carbocycles. The van der Waals surface area contributed by atoms with Gasteiger partial charge in [0.05, 0.1) is 5.69 Å². The molecule has 2 N–H and O–H groups in total. The molecule has 0 saturated heterocycles. The number of carbonyl (C=O) groups is 1. The van der Waals surface area contributed by atoms with E-state index in [4.69, 9.17) is 5.73 Å². The first-order valence-electron chi connectivity index (χ1n) is 4.67. The minimum atomic E-state index is -1.12. The van der Waals surface area contributed by atoms with Crippen molar-refractivity contribution in [3.8, 4) is 11.3 Å². The number of nitrogens with two attached hydrogens (primary N) is 1. The molecule has 0 aliphatic rings. The van der Waals surface area contributed by atoms with Crippen molar-refractivity contribution in [1.82, 2.24) is 4.98 Å². The van der Waals surface area contributed by atoms with Gasteiger partial charge in [-0.2, -0.15) is 0 Å². The van der Waals surface area contributed by atoms with Gasteiger partial charge < -0.3 is 15.6 Å². The molecular formula is C11H9N2O2S-. The maximum absolute atomic E-state index is 10.6. The first-order chi connectivity index (χ1) is 7.66. The van der Waals surface area contributed by atoms with Crippen LogP contribution >= 0.6 is 11.3 Å². The summed E-state index contributed by atoms with van der Waals surface area (Å²) in [5.74, 6) is -1.12. The fourth-order valence-corrected chi connectivity index (χ4v) is 2.28. The number of anilines is 1. The van der Waals surface area contributed by atoms with Crippen LogP contribution in [0, 0.1) is 0 Å². The molecule has 0 spiro atoms. The highest BCUT2D eigenvalue weighted by molar-refractivity contribution is 7.15. The average Bonchev–Trinajstić information content (AvgIpc) is 2.60. The lowest BCUT2D eigenvalue weighted by molar-refractivity contribution is -0.304. The van der Waals surface area contributed by atoms with Gasteiger partial charge in [0.2, 0.25) is 0 Å². The molecule has 16 heavy (non-hydrogen) atoms. The number of carbonyl (C=O) groups excluding carboxylic acids is 1. The number of aliphatic carboxylic acids is 1. The van der Waals surface area contributed by atoms with Gasteiger partial charge in [-0.3, -0.25) is 0 Å². The second-order valence-electron chi connectivity index (χ2n) is 3.24. The summed E-state index contributed by atoms with van der Waals surface area (Å²) in [6.07, 6.45) is -0.154. The number of carboxylic acid groups (broad SMARTS) is 1. The summed E-state index contributed by atoms with van der Waals surface area (Å²) in [7, 11) is 0. The van der Waals surface area contributed by atoms with Crippen molar-refractivity contribution in [2.45, 2.75) is 6.42 Å². The number of carboxylic acids is 1. The molecule has 5 heteroatoms. The Morgan fingerprint density at radius 3 is 2.69 bits per heavy atom. The Hall–Kier alpha value is -1.88. The van der Waals surface area contributed by atoms with E-state index >= 15 is 0 Å². The summed E-state index contributed by atoms with van der Waals surface area (Å²) in [5, 5.41) is 11.0. The summed E-state index contributed by atoms with van der Waals surface area (Å²) in [6.45, 7) is 0. The van der Waals surface area contributed by atoms with Crippen LogP contribution in [0.1, 0.15) is 4.88 Å². The molecule has 0 radical (unpaired) electrons. The number of rotatable bonds is 3. The number of benzene rings is 1. The summed E-state index contributed by atoms with van der Waals surface area (Å²) in [4.78, 5) is 15.4. The van der Waals surface area contributed by atoms with Crippen molar-refractivity contribution < 1.29 is 9.90 Å². The summed E-state index contributed by atoms with van der Waals surface area (Å²) in [6, 6.07) is 9.36. The third-order valence-corrected chi connectivity index (χ3v) is 2.95. The van der Waals surface area contributed by atoms with Gasteiger partial charge in [-0.25, -0.2) is 4.98 Å². The largest absolute Gasteiger partial charge is 0.550 e. The van der Waals surface area contributed by atoms with Gasteiger partial charge in [-0.1, -0.05) is 30.3 Å². The minimum absolute atomic E-state index is 0.154. The van der Waals surface area contributed by atoms with Gasteiger partial charge in [0.25, 0.3) is 0 Å². The van der Waals surface area contributed by atoms with Crippen LogP contribution in [0.15, 0.2) is 30.3 Å². The van der Waals surface area contributed by atoms with Crippen LogP contribution in [0.25, 0.3) is 11.3 Å². The normalized spacial score (nSPS) is 10.2. The highest BCUT2D eigenvalue weighted by Gasteiger charge is 2.11. The Labute approximate surface area is 96.4 Å². The van der Waals surface area contributed by atoms with E-state index in [9.17, 15) is 9.90 Å². The smallest absolute Gasteiger partial charge is 0.180 e. The first kappa shape index (κ1) is 10.6. The van der Waals surface area contributed by atoms with Crippen LogP contribution in [0.4, 0.5) is 5.13 Å².